The molecule has 1 amide bonds. The fourth-order valence-corrected chi connectivity index (χ4v) is 2.43. The molecule has 21 heavy (non-hydrogen) atoms. The van der Waals surface area contributed by atoms with Crippen LogP contribution in [0.2, 0.25) is 0 Å². The summed E-state index contributed by atoms with van der Waals surface area (Å²) in [6.07, 6.45) is 0.284. The predicted octanol–water partition coefficient (Wildman–Crippen LogP) is 2.35. The molecule has 2 heterocycles. The Morgan fingerprint density at radius 3 is 2.90 bits per heavy atom. The fourth-order valence-electron chi connectivity index (χ4n) is 2.43. The lowest BCUT2D eigenvalue weighted by atomic mass is 10.2. The Kier molecular flexibility index (Phi) is 3.37. The first-order valence-corrected chi connectivity index (χ1v) is 6.68. The number of rotatable bonds is 2. The number of carbonyl (C=O) groups excluding carboxylic acids is 2. The number of esters is 1. The summed E-state index contributed by atoms with van der Waals surface area (Å²) in [4.78, 5) is 24.9. The molecule has 1 aromatic carbocycles. The second-order valence-corrected chi connectivity index (χ2v) is 5.07. The number of carbonyl (C=O) groups is 2. The number of amides is 1. The van der Waals surface area contributed by atoms with Crippen molar-refractivity contribution in [1.29, 1.82) is 0 Å². The third-order valence-corrected chi connectivity index (χ3v) is 3.54. The second kappa shape index (κ2) is 5.20. The van der Waals surface area contributed by atoms with Crippen molar-refractivity contribution < 1.29 is 23.1 Å². The molecule has 5 nitrogen and oxygen atoms in total. The van der Waals surface area contributed by atoms with Crippen molar-refractivity contribution in [3.05, 3.63) is 35.8 Å². The van der Waals surface area contributed by atoms with Crippen molar-refractivity contribution >= 4 is 22.8 Å². The summed E-state index contributed by atoms with van der Waals surface area (Å²) in [7, 11) is 0. The Balaban J connectivity index is 1.71. The van der Waals surface area contributed by atoms with Crippen LogP contribution in [-0.4, -0.2) is 36.0 Å². The average molecular weight is 291 g/mol. The van der Waals surface area contributed by atoms with Crippen LogP contribution in [0, 0.1) is 5.82 Å². The first kappa shape index (κ1) is 13.6. The molecule has 0 aliphatic carbocycles. The van der Waals surface area contributed by atoms with Gasteiger partial charge in [0, 0.05) is 25.3 Å². The molecule has 0 bridgehead atoms. The number of hydrogen-bond acceptors (Lipinski definition) is 4. The summed E-state index contributed by atoms with van der Waals surface area (Å²) in [5.41, 5.74) is 0.431. The highest BCUT2D eigenvalue weighted by Crippen LogP contribution is 2.22. The molecule has 0 radical (unpaired) electrons. The zero-order chi connectivity index (χ0) is 15.0. The zero-order valence-electron chi connectivity index (χ0n) is 11.5. The molecule has 1 aliphatic heterocycles. The van der Waals surface area contributed by atoms with Gasteiger partial charge in [0.05, 0.1) is 6.54 Å². The largest absolute Gasteiger partial charge is 0.455 e. The van der Waals surface area contributed by atoms with Gasteiger partial charge in [0.2, 0.25) is 11.7 Å². The highest BCUT2D eigenvalue weighted by molar-refractivity contribution is 5.92. The Labute approximate surface area is 120 Å². The highest BCUT2D eigenvalue weighted by atomic mass is 19.1. The minimum Gasteiger partial charge on any atom is -0.455 e. The van der Waals surface area contributed by atoms with Crippen molar-refractivity contribution in [2.75, 3.05) is 13.1 Å². The van der Waals surface area contributed by atoms with Crippen molar-refractivity contribution in [2.24, 2.45) is 0 Å². The number of likely N-dealkylation sites (tertiary alicyclic amines) is 1. The van der Waals surface area contributed by atoms with Gasteiger partial charge in [-0.3, -0.25) is 4.79 Å². The van der Waals surface area contributed by atoms with Gasteiger partial charge in [-0.15, -0.1) is 0 Å². The van der Waals surface area contributed by atoms with Crippen LogP contribution in [0.4, 0.5) is 4.39 Å². The van der Waals surface area contributed by atoms with Crippen LogP contribution in [0.15, 0.2) is 28.7 Å². The van der Waals surface area contributed by atoms with E-state index in [0.29, 0.717) is 30.5 Å². The van der Waals surface area contributed by atoms with Crippen LogP contribution in [0.25, 0.3) is 11.0 Å². The maximum absolute atomic E-state index is 13.1. The van der Waals surface area contributed by atoms with E-state index in [0.717, 1.165) is 0 Å². The quantitative estimate of drug-likeness (QED) is 0.797. The van der Waals surface area contributed by atoms with Crippen LogP contribution in [0.3, 0.4) is 0 Å². The number of furan rings is 1. The number of benzene rings is 1. The van der Waals surface area contributed by atoms with Crippen LogP contribution in [-0.2, 0) is 9.53 Å². The molecular weight excluding hydrogens is 277 g/mol. The molecule has 6 heteroatoms. The third kappa shape index (κ3) is 2.74. The molecule has 1 saturated heterocycles. The zero-order valence-corrected chi connectivity index (χ0v) is 11.5. The summed E-state index contributed by atoms with van der Waals surface area (Å²) >= 11 is 0. The Morgan fingerprint density at radius 1 is 1.38 bits per heavy atom. The van der Waals surface area contributed by atoms with E-state index in [1.165, 1.54) is 31.2 Å². The van der Waals surface area contributed by atoms with Gasteiger partial charge in [0.1, 0.15) is 17.5 Å². The summed E-state index contributed by atoms with van der Waals surface area (Å²) in [5, 5.41) is 0.513. The van der Waals surface area contributed by atoms with Gasteiger partial charge in [0.15, 0.2) is 0 Å². The molecule has 1 aliphatic rings. The maximum Gasteiger partial charge on any atom is 0.374 e. The molecule has 1 unspecified atom stereocenters. The van der Waals surface area contributed by atoms with Crippen LogP contribution in [0.5, 0.6) is 0 Å². The van der Waals surface area contributed by atoms with E-state index in [-0.39, 0.29) is 17.8 Å². The van der Waals surface area contributed by atoms with E-state index in [2.05, 4.69) is 0 Å². The van der Waals surface area contributed by atoms with Crippen LogP contribution >= 0.6 is 0 Å². The van der Waals surface area contributed by atoms with Crippen molar-refractivity contribution in [1.82, 2.24) is 4.90 Å². The van der Waals surface area contributed by atoms with E-state index in [1.54, 1.807) is 4.90 Å². The minimum absolute atomic E-state index is 0.0345. The smallest absolute Gasteiger partial charge is 0.374 e. The lowest BCUT2D eigenvalue weighted by molar-refractivity contribution is -0.128. The molecule has 0 spiro atoms. The van der Waals surface area contributed by atoms with E-state index in [9.17, 15) is 14.0 Å². The Morgan fingerprint density at radius 2 is 2.19 bits per heavy atom. The van der Waals surface area contributed by atoms with Crippen molar-refractivity contribution in [3.63, 3.8) is 0 Å². The number of nitrogens with zero attached hydrogens (tertiary/aromatic N) is 1. The van der Waals surface area contributed by atoms with Crippen molar-refractivity contribution in [3.8, 4) is 0 Å². The van der Waals surface area contributed by atoms with Gasteiger partial charge in [-0.2, -0.15) is 0 Å². The number of fused-ring (bicyclic) bond motifs is 1. The summed E-state index contributed by atoms with van der Waals surface area (Å²) < 4.78 is 23.8. The van der Waals surface area contributed by atoms with Gasteiger partial charge in [0.25, 0.3) is 0 Å². The van der Waals surface area contributed by atoms with Gasteiger partial charge < -0.3 is 14.1 Å². The van der Waals surface area contributed by atoms with E-state index in [1.807, 2.05) is 0 Å². The molecule has 3 rings (SSSR count). The average Bonchev–Trinajstić information content (AvgIpc) is 3.04. The van der Waals surface area contributed by atoms with E-state index in [4.69, 9.17) is 9.15 Å². The highest BCUT2D eigenvalue weighted by Gasteiger charge is 2.28. The maximum atomic E-state index is 13.1. The molecule has 1 aromatic heterocycles. The van der Waals surface area contributed by atoms with Gasteiger partial charge in [-0.05, 0) is 24.3 Å². The van der Waals surface area contributed by atoms with Crippen LogP contribution in [0.1, 0.15) is 23.9 Å². The summed E-state index contributed by atoms with van der Waals surface area (Å²) in [5.74, 6) is -0.984. The SMILES string of the molecule is CC(=O)N1CCC(OC(=O)c2cc3cc(F)ccc3o2)C1. The van der Waals surface area contributed by atoms with Crippen LogP contribution < -0.4 is 0 Å². The normalized spacial score (nSPS) is 18.2. The first-order chi connectivity index (χ1) is 10.0. The predicted molar refractivity (Wildman–Crippen MR) is 72.2 cm³/mol. The minimum atomic E-state index is -0.595. The molecule has 2 aromatic rings. The number of hydrogen-bond donors (Lipinski definition) is 0. The lowest BCUT2D eigenvalue weighted by Gasteiger charge is -2.13. The standard InChI is InChI=1S/C15H14FNO4/c1-9(18)17-5-4-12(8-17)20-15(19)14-7-10-6-11(16)2-3-13(10)21-14/h2-3,6-7,12H,4-5,8H2,1H3. The second-order valence-electron chi connectivity index (χ2n) is 5.07. The first-order valence-electron chi connectivity index (χ1n) is 6.68. The Bertz CT molecular complexity index is 709. The fraction of sp³-hybridized carbons (Fsp3) is 0.333. The third-order valence-electron chi connectivity index (χ3n) is 3.54. The molecule has 0 N–H and O–H groups in total. The van der Waals surface area contributed by atoms with E-state index < -0.39 is 11.8 Å². The summed E-state index contributed by atoms with van der Waals surface area (Å²) in [6.45, 7) is 2.46. The van der Waals surface area contributed by atoms with Gasteiger partial charge in [-0.1, -0.05) is 0 Å². The molecule has 1 atom stereocenters. The monoisotopic (exact) mass is 291 g/mol. The molecule has 110 valence electrons. The van der Waals surface area contributed by atoms with Gasteiger partial charge in [-0.25, -0.2) is 9.18 Å². The van der Waals surface area contributed by atoms with Crippen molar-refractivity contribution in [2.45, 2.75) is 19.4 Å². The lowest BCUT2D eigenvalue weighted by Crippen LogP contribution is -2.28. The molecule has 1 fully saturated rings. The Hall–Kier alpha value is -2.37. The number of ether oxygens (including phenoxy) is 1. The number of halogens is 1. The summed E-state index contributed by atoms with van der Waals surface area (Å²) in [6, 6.07) is 5.48. The topological polar surface area (TPSA) is 59.8 Å². The van der Waals surface area contributed by atoms with Gasteiger partial charge >= 0.3 is 5.97 Å². The molecular formula is C15H14FNO4. The van der Waals surface area contributed by atoms with E-state index >= 15 is 0 Å². The molecule has 0 saturated carbocycles.